The summed E-state index contributed by atoms with van der Waals surface area (Å²) in [7, 11) is 1.56. The van der Waals surface area contributed by atoms with Gasteiger partial charge in [-0.05, 0) is 30.3 Å². The number of aromatic nitrogens is 1. The number of alkyl halides is 3. The average molecular weight is 354 g/mol. The molecule has 2 rings (SSSR count). The molecule has 0 radical (unpaired) electrons. The molecule has 0 unspecified atom stereocenters. The lowest BCUT2D eigenvalue weighted by molar-refractivity contribution is -0.154. The molecule has 1 aromatic heterocycles. The SMILES string of the molecule is COc1ccc(NC(N)=NCc2cccnc2OCC(F)(F)F)cc1. The lowest BCUT2D eigenvalue weighted by Crippen LogP contribution is -2.23. The molecule has 0 aliphatic heterocycles. The molecule has 0 saturated carbocycles. The molecule has 134 valence electrons. The van der Waals surface area contributed by atoms with Crippen LogP contribution in [0, 0.1) is 0 Å². The highest BCUT2D eigenvalue weighted by molar-refractivity contribution is 5.92. The van der Waals surface area contributed by atoms with Crippen molar-refractivity contribution in [3.63, 3.8) is 0 Å². The Kier molecular flexibility index (Phi) is 6.04. The molecular formula is C16H17F3N4O2. The topological polar surface area (TPSA) is 81.8 Å². The van der Waals surface area contributed by atoms with Crippen LogP contribution in [0.2, 0.25) is 0 Å². The van der Waals surface area contributed by atoms with Crippen molar-refractivity contribution in [2.45, 2.75) is 12.7 Å². The van der Waals surface area contributed by atoms with Crippen molar-refractivity contribution in [1.82, 2.24) is 4.98 Å². The minimum Gasteiger partial charge on any atom is -0.497 e. The van der Waals surface area contributed by atoms with E-state index in [1.807, 2.05) is 0 Å². The summed E-state index contributed by atoms with van der Waals surface area (Å²) >= 11 is 0. The van der Waals surface area contributed by atoms with Crippen molar-refractivity contribution in [3.05, 3.63) is 48.2 Å². The Bertz CT molecular complexity index is 718. The zero-order valence-electron chi connectivity index (χ0n) is 13.4. The van der Waals surface area contributed by atoms with Gasteiger partial charge in [-0.15, -0.1) is 0 Å². The van der Waals surface area contributed by atoms with Gasteiger partial charge in [-0.3, -0.25) is 0 Å². The summed E-state index contributed by atoms with van der Waals surface area (Å²) in [5, 5.41) is 2.87. The highest BCUT2D eigenvalue weighted by atomic mass is 19.4. The normalized spacial score (nSPS) is 11.9. The van der Waals surface area contributed by atoms with Crippen LogP contribution in [0.25, 0.3) is 0 Å². The van der Waals surface area contributed by atoms with Gasteiger partial charge in [0.05, 0.1) is 13.7 Å². The zero-order chi connectivity index (χ0) is 18.3. The molecule has 25 heavy (non-hydrogen) atoms. The first kappa shape index (κ1) is 18.4. The Morgan fingerprint density at radius 1 is 1.24 bits per heavy atom. The van der Waals surface area contributed by atoms with Crippen LogP contribution in [0.1, 0.15) is 5.56 Å². The first-order valence-electron chi connectivity index (χ1n) is 7.22. The quantitative estimate of drug-likeness (QED) is 0.616. The van der Waals surface area contributed by atoms with Crippen molar-refractivity contribution < 1.29 is 22.6 Å². The molecule has 3 N–H and O–H groups in total. The average Bonchev–Trinajstić information content (AvgIpc) is 2.59. The number of aliphatic imine (C=N–C) groups is 1. The fraction of sp³-hybridized carbons (Fsp3) is 0.250. The number of rotatable bonds is 6. The predicted octanol–water partition coefficient (Wildman–Crippen LogP) is 2.96. The second-order valence-electron chi connectivity index (χ2n) is 4.93. The first-order chi connectivity index (χ1) is 11.9. The molecule has 1 aromatic carbocycles. The maximum atomic E-state index is 12.3. The Morgan fingerprint density at radius 3 is 2.60 bits per heavy atom. The molecular weight excluding hydrogens is 337 g/mol. The van der Waals surface area contributed by atoms with E-state index < -0.39 is 12.8 Å². The summed E-state index contributed by atoms with van der Waals surface area (Å²) in [6, 6.07) is 10.2. The monoisotopic (exact) mass is 354 g/mol. The van der Waals surface area contributed by atoms with Gasteiger partial charge in [0.1, 0.15) is 5.75 Å². The highest BCUT2D eigenvalue weighted by Gasteiger charge is 2.29. The van der Waals surface area contributed by atoms with Gasteiger partial charge in [0.25, 0.3) is 0 Å². The maximum Gasteiger partial charge on any atom is 0.422 e. The number of nitrogens with zero attached hydrogens (tertiary/aromatic N) is 2. The van der Waals surface area contributed by atoms with E-state index in [9.17, 15) is 13.2 Å². The van der Waals surface area contributed by atoms with E-state index in [1.165, 1.54) is 6.20 Å². The maximum absolute atomic E-state index is 12.3. The fourth-order valence-corrected chi connectivity index (χ4v) is 1.86. The number of benzene rings is 1. The number of ether oxygens (including phenoxy) is 2. The van der Waals surface area contributed by atoms with Crippen LogP contribution >= 0.6 is 0 Å². The molecule has 0 amide bonds. The van der Waals surface area contributed by atoms with Crippen LogP contribution in [-0.2, 0) is 6.54 Å². The number of anilines is 1. The third-order valence-electron chi connectivity index (χ3n) is 3.00. The van der Waals surface area contributed by atoms with Crippen molar-refractivity contribution in [2.75, 3.05) is 19.0 Å². The minimum atomic E-state index is -4.44. The van der Waals surface area contributed by atoms with E-state index >= 15 is 0 Å². The van der Waals surface area contributed by atoms with Gasteiger partial charge in [-0.25, -0.2) is 9.98 Å². The summed E-state index contributed by atoms with van der Waals surface area (Å²) in [6.45, 7) is -1.39. The lowest BCUT2D eigenvalue weighted by atomic mass is 10.3. The zero-order valence-corrected chi connectivity index (χ0v) is 13.4. The van der Waals surface area contributed by atoms with E-state index in [4.69, 9.17) is 15.2 Å². The molecule has 0 atom stereocenters. The minimum absolute atomic E-state index is 0.0238. The number of halogens is 3. The number of nitrogens with one attached hydrogen (secondary N) is 1. The van der Waals surface area contributed by atoms with Crippen molar-refractivity contribution in [2.24, 2.45) is 10.7 Å². The molecule has 2 aromatic rings. The highest BCUT2D eigenvalue weighted by Crippen LogP contribution is 2.20. The molecule has 0 saturated heterocycles. The molecule has 9 heteroatoms. The summed E-state index contributed by atoms with van der Waals surface area (Å²) in [4.78, 5) is 7.88. The van der Waals surface area contributed by atoms with Crippen LogP contribution < -0.4 is 20.5 Å². The number of hydrogen-bond acceptors (Lipinski definition) is 4. The number of nitrogens with two attached hydrogens (primary N) is 1. The number of guanidine groups is 1. The van der Waals surface area contributed by atoms with Crippen LogP contribution in [-0.4, -0.2) is 30.8 Å². The Hall–Kier alpha value is -2.97. The van der Waals surface area contributed by atoms with Crippen LogP contribution in [0.3, 0.4) is 0 Å². The lowest BCUT2D eigenvalue weighted by Gasteiger charge is -2.11. The first-order valence-corrected chi connectivity index (χ1v) is 7.22. The van der Waals surface area contributed by atoms with E-state index in [0.29, 0.717) is 17.0 Å². The second kappa shape index (κ2) is 8.22. The number of methoxy groups -OCH3 is 1. The standard InChI is InChI=1S/C16H17F3N4O2/c1-24-13-6-4-12(5-7-13)23-15(20)22-9-11-3-2-8-21-14(11)25-10-16(17,18)19/h2-8H,9-10H2,1H3,(H3,20,22,23). The van der Waals surface area contributed by atoms with E-state index in [-0.39, 0.29) is 18.4 Å². The summed E-state index contributed by atoms with van der Waals surface area (Å²) in [6.07, 6.45) is -3.09. The second-order valence-corrected chi connectivity index (χ2v) is 4.93. The van der Waals surface area contributed by atoms with Gasteiger partial charge < -0.3 is 20.5 Å². The third-order valence-corrected chi connectivity index (χ3v) is 3.00. The predicted molar refractivity (Wildman–Crippen MR) is 87.7 cm³/mol. The van der Waals surface area contributed by atoms with Crippen LogP contribution in [0.15, 0.2) is 47.6 Å². The van der Waals surface area contributed by atoms with Gasteiger partial charge in [0.15, 0.2) is 12.6 Å². The molecule has 6 nitrogen and oxygen atoms in total. The Balaban J connectivity index is 1.99. The summed E-state index contributed by atoms with van der Waals surface area (Å²) in [5.41, 5.74) is 6.87. The van der Waals surface area contributed by atoms with Gasteiger partial charge in [-0.2, -0.15) is 13.2 Å². The molecule has 0 fully saturated rings. The number of pyridine rings is 1. The number of hydrogen-bond donors (Lipinski definition) is 2. The van der Waals surface area contributed by atoms with Crippen LogP contribution in [0.5, 0.6) is 11.6 Å². The largest absolute Gasteiger partial charge is 0.497 e. The van der Waals surface area contributed by atoms with E-state index in [0.717, 1.165) is 0 Å². The van der Waals surface area contributed by atoms with Crippen LogP contribution in [0.4, 0.5) is 18.9 Å². The Labute approximate surface area is 142 Å². The van der Waals surface area contributed by atoms with Crippen molar-refractivity contribution >= 4 is 11.6 Å². The fourth-order valence-electron chi connectivity index (χ4n) is 1.86. The molecule has 0 bridgehead atoms. The van der Waals surface area contributed by atoms with Gasteiger partial charge in [0, 0.05) is 17.4 Å². The molecule has 0 aliphatic rings. The Morgan fingerprint density at radius 2 is 1.96 bits per heavy atom. The van der Waals surface area contributed by atoms with Gasteiger partial charge in [0.2, 0.25) is 5.88 Å². The van der Waals surface area contributed by atoms with Gasteiger partial charge in [-0.1, -0.05) is 6.07 Å². The summed E-state index contributed by atoms with van der Waals surface area (Å²) in [5.74, 6) is 0.680. The molecule has 0 aliphatic carbocycles. The van der Waals surface area contributed by atoms with E-state index in [2.05, 4.69) is 15.3 Å². The molecule has 0 spiro atoms. The van der Waals surface area contributed by atoms with E-state index in [1.54, 1.807) is 43.5 Å². The molecule has 1 heterocycles. The van der Waals surface area contributed by atoms with Crippen molar-refractivity contribution in [3.8, 4) is 11.6 Å². The smallest absolute Gasteiger partial charge is 0.422 e. The third kappa shape index (κ3) is 6.21. The van der Waals surface area contributed by atoms with Crippen molar-refractivity contribution in [1.29, 1.82) is 0 Å². The van der Waals surface area contributed by atoms with Gasteiger partial charge >= 0.3 is 6.18 Å². The summed E-state index contributed by atoms with van der Waals surface area (Å²) < 4.78 is 46.5.